The van der Waals surface area contributed by atoms with Gasteiger partial charge < -0.3 is 9.64 Å². The molecule has 1 saturated heterocycles. The third-order valence-electron chi connectivity index (χ3n) is 4.20. The summed E-state index contributed by atoms with van der Waals surface area (Å²) in [6.07, 6.45) is -2.24. The van der Waals surface area contributed by atoms with Gasteiger partial charge in [-0.2, -0.15) is 13.2 Å². The van der Waals surface area contributed by atoms with E-state index in [4.69, 9.17) is 4.74 Å². The number of hydrogen-bond donors (Lipinski definition) is 0. The van der Waals surface area contributed by atoms with Crippen molar-refractivity contribution < 1.29 is 22.7 Å². The molecule has 1 heterocycles. The average Bonchev–Trinajstić information content (AvgIpc) is 2.78. The van der Waals surface area contributed by atoms with E-state index in [-0.39, 0.29) is 6.04 Å². The molecule has 0 spiro atoms. The summed E-state index contributed by atoms with van der Waals surface area (Å²) in [6, 6.07) is 7.26. The standard InChI is InChI=1S/C17H22F3NO2/c1-23-14-8-6-13(7-9-14)15-5-3-2-4-12-21(15)16(22)10-11-17(18,19)20/h6-9,15H,2-5,10-12H2,1H3/t15-/m1/s1. The molecule has 128 valence electrons. The Hall–Kier alpha value is -1.72. The molecule has 1 fully saturated rings. The second-order valence-electron chi connectivity index (χ2n) is 5.84. The van der Waals surface area contributed by atoms with Gasteiger partial charge >= 0.3 is 6.18 Å². The summed E-state index contributed by atoms with van der Waals surface area (Å²) < 4.78 is 42.3. The van der Waals surface area contributed by atoms with Crippen LogP contribution >= 0.6 is 0 Å². The second-order valence-corrected chi connectivity index (χ2v) is 5.84. The maximum absolute atomic E-state index is 12.4. The van der Waals surface area contributed by atoms with Crippen LogP contribution in [0.4, 0.5) is 13.2 Å². The molecule has 1 aliphatic heterocycles. The average molecular weight is 329 g/mol. The lowest BCUT2D eigenvalue weighted by molar-refractivity contribution is -0.150. The van der Waals surface area contributed by atoms with E-state index in [0.717, 1.165) is 37.0 Å². The van der Waals surface area contributed by atoms with Crippen LogP contribution in [0.15, 0.2) is 24.3 Å². The van der Waals surface area contributed by atoms with E-state index in [1.165, 1.54) is 0 Å². The van der Waals surface area contributed by atoms with Crippen molar-refractivity contribution in [2.45, 2.75) is 50.7 Å². The van der Waals surface area contributed by atoms with E-state index < -0.39 is 24.9 Å². The van der Waals surface area contributed by atoms with Gasteiger partial charge in [0.1, 0.15) is 5.75 Å². The SMILES string of the molecule is COc1ccc([C@H]2CCCCCN2C(=O)CCC(F)(F)F)cc1. The van der Waals surface area contributed by atoms with Crippen LogP contribution in [0, 0.1) is 0 Å². The number of halogens is 3. The molecule has 23 heavy (non-hydrogen) atoms. The van der Waals surface area contributed by atoms with Crippen molar-refractivity contribution in [3.63, 3.8) is 0 Å². The molecule has 0 N–H and O–H groups in total. The van der Waals surface area contributed by atoms with Crippen LogP contribution in [-0.2, 0) is 4.79 Å². The highest BCUT2D eigenvalue weighted by atomic mass is 19.4. The van der Waals surface area contributed by atoms with Crippen molar-refractivity contribution in [1.82, 2.24) is 4.90 Å². The van der Waals surface area contributed by atoms with E-state index in [1.807, 2.05) is 24.3 Å². The van der Waals surface area contributed by atoms with Crippen molar-refractivity contribution >= 4 is 5.91 Å². The van der Waals surface area contributed by atoms with E-state index in [9.17, 15) is 18.0 Å². The number of nitrogens with zero attached hydrogens (tertiary/aromatic N) is 1. The molecule has 2 rings (SSSR count). The molecular formula is C17H22F3NO2. The lowest BCUT2D eigenvalue weighted by Crippen LogP contribution is -2.35. The number of hydrogen-bond acceptors (Lipinski definition) is 2. The fraction of sp³-hybridized carbons (Fsp3) is 0.588. The summed E-state index contributed by atoms with van der Waals surface area (Å²) in [5.74, 6) is 0.308. The van der Waals surface area contributed by atoms with Gasteiger partial charge in [-0.25, -0.2) is 0 Å². The van der Waals surface area contributed by atoms with Gasteiger partial charge in [0.05, 0.1) is 19.6 Å². The monoisotopic (exact) mass is 329 g/mol. The summed E-state index contributed by atoms with van der Waals surface area (Å²) in [5.41, 5.74) is 0.952. The first-order valence-corrected chi connectivity index (χ1v) is 7.91. The smallest absolute Gasteiger partial charge is 0.389 e. The molecule has 1 atom stereocenters. The Kier molecular flexibility index (Phi) is 5.91. The maximum atomic E-state index is 12.4. The van der Waals surface area contributed by atoms with Gasteiger partial charge in [0.15, 0.2) is 0 Å². The first kappa shape index (κ1) is 17.6. The molecule has 0 bridgehead atoms. The number of carbonyl (C=O) groups is 1. The van der Waals surface area contributed by atoms with Gasteiger partial charge in [-0.1, -0.05) is 25.0 Å². The summed E-state index contributed by atoms with van der Waals surface area (Å²) in [4.78, 5) is 13.9. The highest BCUT2D eigenvalue weighted by molar-refractivity contribution is 5.76. The Balaban J connectivity index is 2.13. The highest BCUT2D eigenvalue weighted by Crippen LogP contribution is 2.32. The van der Waals surface area contributed by atoms with Gasteiger partial charge in [0.25, 0.3) is 0 Å². The van der Waals surface area contributed by atoms with Crippen molar-refractivity contribution in [2.24, 2.45) is 0 Å². The molecular weight excluding hydrogens is 307 g/mol. The minimum atomic E-state index is -4.29. The molecule has 1 aromatic carbocycles. The summed E-state index contributed by atoms with van der Waals surface area (Å²) in [7, 11) is 1.58. The minimum absolute atomic E-state index is 0.149. The zero-order valence-electron chi connectivity index (χ0n) is 13.2. The Morgan fingerprint density at radius 1 is 1.22 bits per heavy atom. The van der Waals surface area contributed by atoms with Crippen molar-refractivity contribution in [2.75, 3.05) is 13.7 Å². The Morgan fingerprint density at radius 2 is 1.91 bits per heavy atom. The Morgan fingerprint density at radius 3 is 2.52 bits per heavy atom. The minimum Gasteiger partial charge on any atom is -0.497 e. The lowest BCUT2D eigenvalue weighted by Gasteiger charge is -2.31. The van der Waals surface area contributed by atoms with Gasteiger partial charge in [0, 0.05) is 13.0 Å². The van der Waals surface area contributed by atoms with Crippen LogP contribution in [0.25, 0.3) is 0 Å². The van der Waals surface area contributed by atoms with E-state index in [1.54, 1.807) is 12.0 Å². The summed E-state index contributed by atoms with van der Waals surface area (Å²) in [5, 5.41) is 0. The molecule has 3 nitrogen and oxygen atoms in total. The van der Waals surface area contributed by atoms with E-state index >= 15 is 0 Å². The summed E-state index contributed by atoms with van der Waals surface area (Å²) >= 11 is 0. The van der Waals surface area contributed by atoms with Crippen molar-refractivity contribution in [3.05, 3.63) is 29.8 Å². The van der Waals surface area contributed by atoms with Crippen LogP contribution in [0.5, 0.6) is 5.75 Å². The third kappa shape index (κ3) is 5.15. The molecule has 0 radical (unpaired) electrons. The van der Waals surface area contributed by atoms with Crippen LogP contribution in [-0.4, -0.2) is 30.6 Å². The van der Waals surface area contributed by atoms with Crippen LogP contribution in [0.2, 0.25) is 0 Å². The largest absolute Gasteiger partial charge is 0.497 e. The zero-order chi connectivity index (χ0) is 16.9. The van der Waals surface area contributed by atoms with E-state index in [0.29, 0.717) is 6.54 Å². The Bertz CT molecular complexity index is 514. The van der Waals surface area contributed by atoms with Gasteiger partial charge in [0.2, 0.25) is 5.91 Å². The topological polar surface area (TPSA) is 29.5 Å². The quantitative estimate of drug-likeness (QED) is 0.815. The first-order chi connectivity index (χ1) is 10.9. The number of alkyl halides is 3. The number of likely N-dealkylation sites (tertiary alicyclic amines) is 1. The number of methoxy groups -OCH3 is 1. The highest BCUT2D eigenvalue weighted by Gasteiger charge is 2.32. The number of ether oxygens (including phenoxy) is 1. The third-order valence-corrected chi connectivity index (χ3v) is 4.20. The predicted octanol–water partition coefficient (Wildman–Crippen LogP) is 4.48. The molecule has 0 aliphatic carbocycles. The Labute approximate surface area is 134 Å². The predicted molar refractivity (Wildman–Crippen MR) is 81.2 cm³/mol. The van der Waals surface area contributed by atoms with Gasteiger partial charge in [-0.05, 0) is 30.5 Å². The maximum Gasteiger partial charge on any atom is 0.389 e. The number of carbonyl (C=O) groups excluding carboxylic acids is 1. The second kappa shape index (κ2) is 7.70. The zero-order valence-corrected chi connectivity index (χ0v) is 13.2. The normalized spacial score (nSPS) is 19.3. The van der Waals surface area contributed by atoms with Gasteiger partial charge in [-0.15, -0.1) is 0 Å². The lowest BCUT2D eigenvalue weighted by atomic mass is 10.00. The summed E-state index contributed by atoms with van der Waals surface area (Å²) in [6.45, 7) is 0.521. The molecule has 0 saturated carbocycles. The van der Waals surface area contributed by atoms with Crippen LogP contribution in [0.1, 0.15) is 50.1 Å². The molecule has 6 heteroatoms. The molecule has 1 aliphatic rings. The first-order valence-electron chi connectivity index (χ1n) is 7.91. The molecule has 1 amide bonds. The van der Waals surface area contributed by atoms with Crippen molar-refractivity contribution in [1.29, 1.82) is 0 Å². The van der Waals surface area contributed by atoms with Crippen LogP contribution < -0.4 is 4.74 Å². The molecule has 0 aromatic heterocycles. The molecule has 1 aromatic rings. The van der Waals surface area contributed by atoms with E-state index in [2.05, 4.69) is 0 Å². The molecule has 0 unspecified atom stereocenters. The van der Waals surface area contributed by atoms with Crippen LogP contribution in [0.3, 0.4) is 0 Å². The fourth-order valence-corrected chi connectivity index (χ4v) is 2.97. The number of benzene rings is 1. The van der Waals surface area contributed by atoms with Gasteiger partial charge in [-0.3, -0.25) is 4.79 Å². The number of amides is 1. The van der Waals surface area contributed by atoms with Crippen molar-refractivity contribution in [3.8, 4) is 5.75 Å². The number of rotatable bonds is 4. The fourth-order valence-electron chi connectivity index (χ4n) is 2.97.